The van der Waals surface area contributed by atoms with Crippen LogP contribution in [0.1, 0.15) is 16.8 Å². The third-order valence-corrected chi connectivity index (χ3v) is 1.79. The molecule has 0 aliphatic heterocycles. The molecule has 5 heteroatoms. The molecule has 0 saturated heterocycles. The fourth-order valence-electron chi connectivity index (χ4n) is 1.10. The molecule has 0 aliphatic rings. The lowest BCUT2D eigenvalue weighted by molar-refractivity contribution is -0.137. The predicted octanol–water partition coefficient (Wildman–Crippen LogP) is -0.153. The van der Waals surface area contributed by atoms with Crippen LogP contribution in [0.4, 0.5) is 0 Å². The molecule has 1 aromatic carbocycles. The molecule has 1 rings (SSSR count). The number of aliphatic carboxylic acids is 1. The summed E-state index contributed by atoms with van der Waals surface area (Å²) >= 11 is 0. The number of Topliss-reactive ketones (excluding diaryl/α,β-unsaturated/α-hetero) is 1. The van der Waals surface area contributed by atoms with Crippen LogP contribution in [-0.2, 0) is 4.79 Å². The van der Waals surface area contributed by atoms with Gasteiger partial charge < -0.3 is 16.3 Å². The summed E-state index contributed by atoms with van der Waals surface area (Å²) in [6.07, 6.45) is -0.340. The number of carbonyl (C=O) groups excluding carboxylic acids is 1. The average molecular weight is 211 g/mol. The van der Waals surface area contributed by atoms with Gasteiger partial charge in [-0.15, -0.1) is 0 Å². The number of carboxylic acid groups (broad SMARTS) is 1. The topological polar surface area (TPSA) is 112 Å². The number of hydrogen-bond donors (Lipinski definition) is 2. The summed E-state index contributed by atoms with van der Waals surface area (Å²) < 4.78 is 0. The molecule has 0 radical (unpaired) electrons. The van der Waals surface area contributed by atoms with Gasteiger partial charge in [0.2, 0.25) is 0 Å². The van der Waals surface area contributed by atoms with Gasteiger partial charge in [-0.05, 0) is 0 Å². The van der Waals surface area contributed by atoms with Gasteiger partial charge in [-0.3, -0.25) is 9.59 Å². The zero-order valence-electron chi connectivity index (χ0n) is 8.01. The van der Waals surface area contributed by atoms with Crippen molar-refractivity contribution in [2.24, 2.45) is 5.73 Å². The van der Waals surface area contributed by atoms with Crippen LogP contribution in [0.5, 0.6) is 0 Å². The maximum Gasteiger partial charge on any atom is 0.305 e. The second-order valence-electron chi connectivity index (χ2n) is 2.93. The number of carboxylic acids is 1. The maximum atomic E-state index is 11.5. The van der Waals surface area contributed by atoms with Crippen LogP contribution in [0.3, 0.4) is 0 Å². The standard InChI is InChI=1S/C10H11NO3.H2O/c11-8(6-9(12)13)10(14)7-4-2-1-3-5-7;/h1-5,8H,6,11H2,(H,12,13);1H2. The van der Waals surface area contributed by atoms with Gasteiger partial charge >= 0.3 is 5.97 Å². The van der Waals surface area contributed by atoms with Gasteiger partial charge in [0.05, 0.1) is 12.5 Å². The van der Waals surface area contributed by atoms with Gasteiger partial charge in [-0.1, -0.05) is 30.3 Å². The van der Waals surface area contributed by atoms with Crippen molar-refractivity contribution in [1.29, 1.82) is 0 Å². The number of benzene rings is 1. The largest absolute Gasteiger partial charge is 0.481 e. The van der Waals surface area contributed by atoms with E-state index in [2.05, 4.69) is 0 Å². The zero-order valence-corrected chi connectivity index (χ0v) is 8.01. The molecular weight excluding hydrogens is 198 g/mol. The van der Waals surface area contributed by atoms with Gasteiger partial charge in [0.25, 0.3) is 0 Å². The fourth-order valence-corrected chi connectivity index (χ4v) is 1.10. The first-order valence-corrected chi connectivity index (χ1v) is 4.18. The number of ketones is 1. The molecular formula is C10H13NO4. The SMILES string of the molecule is NC(CC(=O)O)C(=O)c1ccccc1.O. The minimum atomic E-state index is -1.07. The Hall–Kier alpha value is -1.72. The molecule has 0 heterocycles. The van der Waals surface area contributed by atoms with Gasteiger partial charge in [-0.25, -0.2) is 0 Å². The molecule has 5 nitrogen and oxygen atoms in total. The normalized spacial score (nSPS) is 11.3. The molecule has 82 valence electrons. The van der Waals surface area contributed by atoms with Crippen molar-refractivity contribution < 1.29 is 20.2 Å². The van der Waals surface area contributed by atoms with Crippen molar-refractivity contribution in [3.63, 3.8) is 0 Å². The lowest BCUT2D eigenvalue weighted by atomic mass is 10.0. The molecule has 0 fully saturated rings. The quantitative estimate of drug-likeness (QED) is 0.674. The minimum absolute atomic E-state index is 0. The van der Waals surface area contributed by atoms with Gasteiger partial charge in [-0.2, -0.15) is 0 Å². The molecule has 5 N–H and O–H groups in total. The summed E-state index contributed by atoms with van der Waals surface area (Å²) in [5.74, 6) is -1.41. The van der Waals surface area contributed by atoms with Crippen LogP contribution in [0, 0.1) is 0 Å². The summed E-state index contributed by atoms with van der Waals surface area (Å²) in [4.78, 5) is 21.8. The van der Waals surface area contributed by atoms with Crippen LogP contribution in [0.15, 0.2) is 30.3 Å². The summed E-state index contributed by atoms with van der Waals surface area (Å²) in [5.41, 5.74) is 5.87. The molecule has 0 bridgehead atoms. The van der Waals surface area contributed by atoms with Gasteiger partial charge in [0.15, 0.2) is 5.78 Å². The first-order valence-electron chi connectivity index (χ1n) is 4.18. The van der Waals surface area contributed by atoms with Crippen LogP contribution in [0.2, 0.25) is 0 Å². The fraction of sp³-hybridized carbons (Fsp3) is 0.200. The Labute approximate surface area is 86.8 Å². The first-order chi connectivity index (χ1) is 6.61. The molecule has 0 aromatic heterocycles. The van der Waals surface area contributed by atoms with E-state index in [4.69, 9.17) is 10.8 Å². The number of hydrogen-bond acceptors (Lipinski definition) is 3. The van der Waals surface area contributed by atoms with Crippen LogP contribution in [0.25, 0.3) is 0 Å². The number of nitrogens with two attached hydrogens (primary N) is 1. The molecule has 1 atom stereocenters. The first kappa shape index (κ1) is 13.3. The molecule has 0 aliphatic carbocycles. The Bertz CT molecular complexity index is 337. The molecule has 0 saturated carbocycles. The van der Waals surface area contributed by atoms with Gasteiger partial charge in [0.1, 0.15) is 0 Å². The molecule has 0 spiro atoms. The van der Waals surface area contributed by atoms with Crippen LogP contribution in [-0.4, -0.2) is 28.4 Å². The summed E-state index contributed by atoms with van der Waals surface area (Å²) in [5, 5.41) is 8.45. The second kappa shape index (κ2) is 5.90. The summed E-state index contributed by atoms with van der Waals surface area (Å²) in [6.45, 7) is 0. The highest BCUT2D eigenvalue weighted by atomic mass is 16.4. The number of carbonyl (C=O) groups is 2. The second-order valence-corrected chi connectivity index (χ2v) is 2.93. The molecule has 1 aromatic rings. The molecule has 0 amide bonds. The van der Waals surface area contributed by atoms with E-state index < -0.39 is 12.0 Å². The Morgan fingerprint density at radius 2 is 1.80 bits per heavy atom. The smallest absolute Gasteiger partial charge is 0.305 e. The Morgan fingerprint density at radius 3 is 2.27 bits per heavy atom. The van der Waals surface area contributed by atoms with Crippen molar-refractivity contribution in [3.8, 4) is 0 Å². The van der Waals surface area contributed by atoms with Crippen molar-refractivity contribution in [2.75, 3.05) is 0 Å². The van der Waals surface area contributed by atoms with E-state index in [1.54, 1.807) is 30.3 Å². The van der Waals surface area contributed by atoms with Crippen molar-refractivity contribution in [1.82, 2.24) is 0 Å². The van der Waals surface area contributed by atoms with Crippen molar-refractivity contribution >= 4 is 11.8 Å². The van der Waals surface area contributed by atoms with Crippen molar-refractivity contribution in [3.05, 3.63) is 35.9 Å². The summed E-state index contributed by atoms with van der Waals surface area (Å²) in [6, 6.07) is 7.46. The Kier molecular flexibility index (Phi) is 5.22. The van der Waals surface area contributed by atoms with E-state index in [1.807, 2.05) is 0 Å². The van der Waals surface area contributed by atoms with E-state index in [-0.39, 0.29) is 17.7 Å². The third kappa shape index (κ3) is 3.88. The highest BCUT2D eigenvalue weighted by Crippen LogP contribution is 2.04. The highest BCUT2D eigenvalue weighted by Gasteiger charge is 2.17. The zero-order chi connectivity index (χ0) is 10.6. The summed E-state index contributed by atoms with van der Waals surface area (Å²) in [7, 11) is 0. The molecule has 1 unspecified atom stereocenters. The maximum absolute atomic E-state index is 11.5. The van der Waals surface area contributed by atoms with Gasteiger partial charge in [0, 0.05) is 5.56 Å². The Balaban J connectivity index is 0.00000196. The van der Waals surface area contributed by atoms with Crippen molar-refractivity contribution in [2.45, 2.75) is 12.5 Å². The van der Waals surface area contributed by atoms with E-state index >= 15 is 0 Å². The van der Waals surface area contributed by atoms with E-state index in [0.29, 0.717) is 5.56 Å². The van der Waals surface area contributed by atoms with Crippen LogP contribution >= 0.6 is 0 Å². The number of rotatable bonds is 4. The lowest BCUT2D eigenvalue weighted by Crippen LogP contribution is -2.32. The lowest BCUT2D eigenvalue weighted by Gasteiger charge is -2.06. The third-order valence-electron chi connectivity index (χ3n) is 1.79. The Morgan fingerprint density at radius 1 is 1.27 bits per heavy atom. The van der Waals surface area contributed by atoms with E-state index in [0.717, 1.165) is 0 Å². The molecule has 15 heavy (non-hydrogen) atoms. The average Bonchev–Trinajstić information content (AvgIpc) is 2.17. The highest BCUT2D eigenvalue weighted by molar-refractivity contribution is 6.01. The minimum Gasteiger partial charge on any atom is -0.481 e. The predicted molar refractivity (Wildman–Crippen MR) is 54.6 cm³/mol. The van der Waals surface area contributed by atoms with E-state index in [9.17, 15) is 9.59 Å². The van der Waals surface area contributed by atoms with E-state index in [1.165, 1.54) is 0 Å². The monoisotopic (exact) mass is 211 g/mol. The van der Waals surface area contributed by atoms with Crippen LogP contribution < -0.4 is 5.73 Å².